The first kappa shape index (κ1) is 17.9. The highest BCUT2D eigenvalue weighted by Gasteiger charge is 2.15. The van der Waals surface area contributed by atoms with E-state index in [0.717, 1.165) is 16.9 Å². The third kappa shape index (κ3) is 4.02. The second-order valence-electron chi connectivity index (χ2n) is 7.01. The van der Waals surface area contributed by atoms with Crippen LogP contribution in [-0.2, 0) is 6.54 Å². The second-order valence-corrected chi connectivity index (χ2v) is 7.01. The van der Waals surface area contributed by atoms with E-state index >= 15 is 0 Å². The normalized spacial score (nSPS) is 11.0. The standard InChI is InChI=1S/C22H25N3O/c1-15(2)19-7-5-6-8-20(19)23-22(26)21-13-17(4)25(24-21)14-18-11-9-16(3)10-12-18/h5-13,15H,14H2,1-4H3,(H,23,26). The van der Waals surface area contributed by atoms with Crippen molar-refractivity contribution in [1.29, 1.82) is 0 Å². The van der Waals surface area contributed by atoms with Crippen molar-refractivity contribution in [1.82, 2.24) is 9.78 Å². The Hall–Kier alpha value is -2.88. The number of nitrogens with zero attached hydrogens (tertiary/aromatic N) is 2. The molecule has 1 aromatic heterocycles. The maximum atomic E-state index is 12.7. The topological polar surface area (TPSA) is 46.9 Å². The molecule has 0 aliphatic rings. The summed E-state index contributed by atoms with van der Waals surface area (Å²) in [5.41, 5.74) is 5.77. The Bertz CT molecular complexity index is 907. The molecule has 4 nitrogen and oxygen atoms in total. The van der Waals surface area contributed by atoms with Crippen LogP contribution in [0.3, 0.4) is 0 Å². The van der Waals surface area contributed by atoms with Gasteiger partial charge in [-0.1, -0.05) is 61.9 Å². The highest BCUT2D eigenvalue weighted by Crippen LogP contribution is 2.24. The lowest BCUT2D eigenvalue weighted by molar-refractivity contribution is 0.102. The minimum Gasteiger partial charge on any atom is -0.320 e. The van der Waals surface area contributed by atoms with Crippen LogP contribution in [0.1, 0.15) is 52.6 Å². The van der Waals surface area contributed by atoms with Crippen molar-refractivity contribution in [3.8, 4) is 0 Å². The van der Waals surface area contributed by atoms with Crippen LogP contribution in [0.4, 0.5) is 5.69 Å². The molecule has 0 atom stereocenters. The highest BCUT2D eigenvalue weighted by atomic mass is 16.1. The van der Waals surface area contributed by atoms with Crippen LogP contribution in [-0.4, -0.2) is 15.7 Å². The number of carbonyl (C=O) groups excluding carboxylic acids is 1. The van der Waals surface area contributed by atoms with Crippen molar-refractivity contribution in [2.45, 2.75) is 40.2 Å². The first-order valence-corrected chi connectivity index (χ1v) is 8.94. The van der Waals surface area contributed by atoms with Gasteiger partial charge in [0.05, 0.1) is 6.54 Å². The molecule has 0 aliphatic carbocycles. The molecule has 2 aromatic carbocycles. The van der Waals surface area contributed by atoms with Gasteiger partial charge in [0.15, 0.2) is 5.69 Å². The number of amides is 1. The van der Waals surface area contributed by atoms with Crippen molar-refractivity contribution in [2.24, 2.45) is 0 Å². The summed E-state index contributed by atoms with van der Waals surface area (Å²) in [6.45, 7) is 8.93. The largest absolute Gasteiger partial charge is 0.320 e. The van der Waals surface area contributed by atoms with Gasteiger partial charge in [-0.2, -0.15) is 5.10 Å². The summed E-state index contributed by atoms with van der Waals surface area (Å²) >= 11 is 0. The molecule has 0 unspecified atom stereocenters. The van der Waals surface area contributed by atoms with Crippen molar-refractivity contribution in [3.63, 3.8) is 0 Å². The molecular weight excluding hydrogens is 322 g/mol. The number of hydrogen-bond donors (Lipinski definition) is 1. The van der Waals surface area contributed by atoms with Gasteiger partial charge in [-0.05, 0) is 43.0 Å². The van der Waals surface area contributed by atoms with E-state index < -0.39 is 0 Å². The van der Waals surface area contributed by atoms with Crippen LogP contribution in [0.25, 0.3) is 0 Å². The van der Waals surface area contributed by atoms with E-state index in [0.29, 0.717) is 18.2 Å². The molecule has 0 radical (unpaired) electrons. The third-order valence-electron chi connectivity index (χ3n) is 4.50. The van der Waals surface area contributed by atoms with Gasteiger partial charge in [0.2, 0.25) is 0 Å². The minimum atomic E-state index is -0.177. The monoisotopic (exact) mass is 347 g/mol. The second kappa shape index (κ2) is 7.56. The molecule has 3 aromatic rings. The summed E-state index contributed by atoms with van der Waals surface area (Å²) in [7, 11) is 0. The van der Waals surface area contributed by atoms with Gasteiger partial charge in [-0.15, -0.1) is 0 Å². The Balaban J connectivity index is 1.78. The molecular formula is C22H25N3O. The lowest BCUT2D eigenvalue weighted by Gasteiger charge is -2.12. The van der Waals surface area contributed by atoms with Gasteiger partial charge in [-0.25, -0.2) is 0 Å². The molecule has 0 saturated heterocycles. The van der Waals surface area contributed by atoms with Gasteiger partial charge < -0.3 is 5.32 Å². The molecule has 0 spiro atoms. The van der Waals surface area contributed by atoms with E-state index in [1.165, 1.54) is 11.1 Å². The van der Waals surface area contributed by atoms with E-state index in [-0.39, 0.29) is 5.91 Å². The molecule has 3 rings (SSSR count). The van der Waals surface area contributed by atoms with Crippen LogP contribution in [0.15, 0.2) is 54.6 Å². The van der Waals surface area contributed by atoms with Crippen LogP contribution in [0.5, 0.6) is 0 Å². The van der Waals surface area contributed by atoms with Crippen molar-refractivity contribution in [3.05, 3.63) is 82.7 Å². The predicted molar refractivity (Wildman–Crippen MR) is 106 cm³/mol. The van der Waals surface area contributed by atoms with E-state index in [1.54, 1.807) is 0 Å². The Morgan fingerprint density at radius 3 is 2.46 bits per heavy atom. The number of aryl methyl sites for hydroxylation is 2. The Morgan fingerprint density at radius 2 is 1.77 bits per heavy atom. The molecule has 0 fully saturated rings. The molecule has 4 heteroatoms. The summed E-state index contributed by atoms with van der Waals surface area (Å²) < 4.78 is 1.87. The molecule has 134 valence electrons. The fourth-order valence-electron chi connectivity index (χ4n) is 2.95. The van der Waals surface area contributed by atoms with Gasteiger partial charge >= 0.3 is 0 Å². The number of hydrogen-bond acceptors (Lipinski definition) is 2. The zero-order chi connectivity index (χ0) is 18.7. The molecule has 0 saturated carbocycles. The quantitative estimate of drug-likeness (QED) is 0.712. The summed E-state index contributed by atoms with van der Waals surface area (Å²) in [5, 5.41) is 7.51. The van der Waals surface area contributed by atoms with E-state index in [4.69, 9.17) is 0 Å². The number of carbonyl (C=O) groups is 1. The smallest absolute Gasteiger partial charge is 0.276 e. The SMILES string of the molecule is Cc1ccc(Cn2nc(C(=O)Nc3ccccc3C(C)C)cc2C)cc1. The van der Waals surface area contributed by atoms with Crippen molar-refractivity contribution in [2.75, 3.05) is 5.32 Å². The van der Waals surface area contributed by atoms with Crippen LogP contribution < -0.4 is 5.32 Å². The number of rotatable bonds is 5. The summed E-state index contributed by atoms with van der Waals surface area (Å²) in [6, 6.07) is 18.1. The van der Waals surface area contributed by atoms with Crippen LogP contribution in [0, 0.1) is 13.8 Å². The maximum Gasteiger partial charge on any atom is 0.276 e. The molecule has 1 heterocycles. The fourth-order valence-corrected chi connectivity index (χ4v) is 2.95. The highest BCUT2D eigenvalue weighted by molar-refractivity contribution is 6.03. The number of para-hydroxylation sites is 1. The predicted octanol–water partition coefficient (Wildman–Crippen LogP) is 4.92. The molecule has 1 N–H and O–H groups in total. The number of anilines is 1. The summed E-state index contributed by atoms with van der Waals surface area (Å²) in [5.74, 6) is 0.163. The summed E-state index contributed by atoms with van der Waals surface area (Å²) in [4.78, 5) is 12.7. The van der Waals surface area contributed by atoms with Gasteiger partial charge in [0.25, 0.3) is 5.91 Å². The van der Waals surface area contributed by atoms with E-state index in [9.17, 15) is 4.79 Å². The van der Waals surface area contributed by atoms with Gasteiger partial charge in [0.1, 0.15) is 0 Å². The van der Waals surface area contributed by atoms with Crippen LogP contribution in [0.2, 0.25) is 0 Å². The Labute approximate surface area is 154 Å². The molecule has 1 amide bonds. The Kier molecular flexibility index (Phi) is 5.21. The average molecular weight is 347 g/mol. The number of benzene rings is 2. The van der Waals surface area contributed by atoms with Crippen molar-refractivity contribution < 1.29 is 4.79 Å². The number of nitrogens with one attached hydrogen (secondary N) is 1. The third-order valence-corrected chi connectivity index (χ3v) is 4.50. The zero-order valence-corrected chi connectivity index (χ0v) is 15.8. The Morgan fingerprint density at radius 1 is 1.08 bits per heavy atom. The van der Waals surface area contributed by atoms with Crippen LogP contribution >= 0.6 is 0 Å². The maximum absolute atomic E-state index is 12.7. The van der Waals surface area contributed by atoms with Gasteiger partial charge in [-0.3, -0.25) is 9.48 Å². The lowest BCUT2D eigenvalue weighted by Crippen LogP contribution is -2.15. The summed E-state index contributed by atoms with van der Waals surface area (Å²) in [6.07, 6.45) is 0. The average Bonchev–Trinajstić information content (AvgIpc) is 2.98. The van der Waals surface area contributed by atoms with E-state index in [1.807, 2.05) is 41.9 Å². The first-order valence-electron chi connectivity index (χ1n) is 8.94. The van der Waals surface area contributed by atoms with Crippen molar-refractivity contribution >= 4 is 11.6 Å². The number of aromatic nitrogens is 2. The lowest BCUT2D eigenvalue weighted by atomic mass is 10.0. The first-order chi connectivity index (χ1) is 12.4. The zero-order valence-electron chi connectivity index (χ0n) is 15.8. The van der Waals surface area contributed by atoms with E-state index in [2.05, 4.69) is 55.5 Å². The minimum absolute atomic E-state index is 0.177. The fraction of sp³-hybridized carbons (Fsp3) is 0.273. The van der Waals surface area contributed by atoms with Gasteiger partial charge in [0, 0.05) is 11.4 Å². The molecule has 0 bridgehead atoms. The molecule has 26 heavy (non-hydrogen) atoms. The molecule has 0 aliphatic heterocycles.